The summed E-state index contributed by atoms with van der Waals surface area (Å²) in [7, 11) is 0. The standard InChI is InChI=1S/C15H18N2O/c1-11-3-5-13(6-4-11)12(2)16-9-14-7-8-15(18)10-17-14/h3-8,10,12,16,18H,9H2,1-2H3/t12-/m1/s1. The van der Waals surface area contributed by atoms with Crippen LogP contribution in [0.1, 0.15) is 29.8 Å². The number of aromatic hydroxyl groups is 1. The second kappa shape index (κ2) is 5.65. The Kier molecular flexibility index (Phi) is 3.95. The second-order valence-electron chi connectivity index (χ2n) is 4.52. The van der Waals surface area contributed by atoms with E-state index in [9.17, 15) is 0 Å². The summed E-state index contributed by atoms with van der Waals surface area (Å²) in [4.78, 5) is 4.15. The van der Waals surface area contributed by atoms with Crippen LogP contribution in [0.3, 0.4) is 0 Å². The molecule has 0 fully saturated rings. The first-order valence-corrected chi connectivity index (χ1v) is 6.09. The fourth-order valence-corrected chi connectivity index (χ4v) is 1.75. The topological polar surface area (TPSA) is 45.1 Å². The number of aryl methyl sites for hydroxylation is 1. The van der Waals surface area contributed by atoms with Crippen molar-refractivity contribution in [3.05, 3.63) is 59.4 Å². The van der Waals surface area contributed by atoms with Crippen LogP contribution in [0.4, 0.5) is 0 Å². The van der Waals surface area contributed by atoms with Crippen LogP contribution in [0.2, 0.25) is 0 Å². The van der Waals surface area contributed by atoms with Crippen molar-refractivity contribution >= 4 is 0 Å². The lowest BCUT2D eigenvalue weighted by Crippen LogP contribution is -2.18. The third-order valence-electron chi connectivity index (χ3n) is 2.98. The molecule has 1 aromatic carbocycles. The van der Waals surface area contributed by atoms with Crippen molar-refractivity contribution in [3.63, 3.8) is 0 Å². The minimum atomic E-state index is 0.199. The van der Waals surface area contributed by atoms with Crippen molar-refractivity contribution in [3.8, 4) is 5.75 Å². The number of aromatic nitrogens is 1. The molecule has 2 aromatic rings. The van der Waals surface area contributed by atoms with Gasteiger partial charge in [0.15, 0.2) is 0 Å². The first kappa shape index (κ1) is 12.6. The summed E-state index contributed by atoms with van der Waals surface area (Å²) in [6, 6.07) is 12.3. The summed E-state index contributed by atoms with van der Waals surface area (Å²) in [6.45, 7) is 4.91. The van der Waals surface area contributed by atoms with Crippen LogP contribution < -0.4 is 5.32 Å². The molecule has 94 valence electrons. The number of rotatable bonds is 4. The van der Waals surface area contributed by atoms with E-state index in [2.05, 4.69) is 48.4 Å². The van der Waals surface area contributed by atoms with Gasteiger partial charge in [-0.05, 0) is 31.5 Å². The Morgan fingerprint density at radius 3 is 2.50 bits per heavy atom. The Morgan fingerprint density at radius 1 is 1.17 bits per heavy atom. The van der Waals surface area contributed by atoms with Gasteiger partial charge in [0.1, 0.15) is 5.75 Å². The van der Waals surface area contributed by atoms with E-state index < -0.39 is 0 Å². The number of hydrogen-bond donors (Lipinski definition) is 2. The molecule has 0 bridgehead atoms. The maximum Gasteiger partial charge on any atom is 0.133 e. The average Bonchev–Trinajstić information content (AvgIpc) is 2.38. The van der Waals surface area contributed by atoms with E-state index in [4.69, 9.17) is 5.11 Å². The number of nitrogens with one attached hydrogen (secondary N) is 1. The van der Waals surface area contributed by atoms with Crippen molar-refractivity contribution in [1.82, 2.24) is 10.3 Å². The van der Waals surface area contributed by atoms with Gasteiger partial charge < -0.3 is 10.4 Å². The number of hydrogen-bond acceptors (Lipinski definition) is 3. The van der Waals surface area contributed by atoms with Crippen LogP contribution >= 0.6 is 0 Å². The number of pyridine rings is 1. The number of benzene rings is 1. The van der Waals surface area contributed by atoms with Crippen molar-refractivity contribution < 1.29 is 5.11 Å². The maximum absolute atomic E-state index is 9.16. The van der Waals surface area contributed by atoms with Crippen molar-refractivity contribution in [2.24, 2.45) is 0 Å². The molecule has 0 aliphatic carbocycles. The van der Waals surface area contributed by atoms with E-state index in [1.165, 1.54) is 17.3 Å². The molecule has 0 saturated carbocycles. The fraction of sp³-hybridized carbons (Fsp3) is 0.267. The molecule has 0 saturated heterocycles. The van der Waals surface area contributed by atoms with Gasteiger partial charge in [0, 0.05) is 12.6 Å². The Balaban J connectivity index is 1.93. The summed E-state index contributed by atoms with van der Waals surface area (Å²) >= 11 is 0. The lowest BCUT2D eigenvalue weighted by atomic mass is 10.1. The lowest BCUT2D eigenvalue weighted by molar-refractivity contribution is 0.471. The van der Waals surface area contributed by atoms with Gasteiger partial charge in [-0.1, -0.05) is 29.8 Å². The van der Waals surface area contributed by atoms with Gasteiger partial charge in [-0.25, -0.2) is 0 Å². The van der Waals surface area contributed by atoms with Crippen molar-refractivity contribution in [1.29, 1.82) is 0 Å². The van der Waals surface area contributed by atoms with Crippen LogP contribution in [0.5, 0.6) is 5.75 Å². The molecule has 0 aliphatic heterocycles. The molecule has 0 radical (unpaired) electrons. The first-order chi connectivity index (χ1) is 8.65. The molecule has 0 aliphatic rings. The summed E-state index contributed by atoms with van der Waals surface area (Å²) in [5.41, 5.74) is 3.46. The highest BCUT2D eigenvalue weighted by molar-refractivity contribution is 5.24. The van der Waals surface area contributed by atoms with Gasteiger partial charge in [0.2, 0.25) is 0 Å². The molecule has 1 aromatic heterocycles. The normalized spacial score (nSPS) is 12.3. The molecule has 0 amide bonds. The van der Waals surface area contributed by atoms with Gasteiger partial charge in [-0.3, -0.25) is 4.98 Å². The SMILES string of the molecule is Cc1ccc([C@@H](C)NCc2ccc(O)cn2)cc1. The highest BCUT2D eigenvalue weighted by atomic mass is 16.3. The summed E-state index contributed by atoms with van der Waals surface area (Å²) in [5, 5.41) is 12.6. The zero-order valence-corrected chi connectivity index (χ0v) is 10.7. The molecule has 1 heterocycles. The zero-order chi connectivity index (χ0) is 13.0. The first-order valence-electron chi connectivity index (χ1n) is 6.09. The minimum Gasteiger partial charge on any atom is -0.506 e. The third-order valence-corrected chi connectivity index (χ3v) is 2.98. The molecule has 18 heavy (non-hydrogen) atoms. The van der Waals surface area contributed by atoms with E-state index in [0.717, 1.165) is 5.69 Å². The van der Waals surface area contributed by atoms with E-state index in [0.29, 0.717) is 6.54 Å². The molecule has 2 N–H and O–H groups in total. The molecular formula is C15H18N2O. The highest BCUT2D eigenvalue weighted by Crippen LogP contribution is 2.14. The average molecular weight is 242 g/mol. The predicted octanol–water partition coefficient (Wildman–Crippen LogP) is 2.95. The minimum absolute atomic E-state index is 0.199. The quantitative estimate of drug-likeness (QED) is 0.866. The smallest absolute Gasteiger partial charge is 0.133 e. The predicted molar refractivity (Wildman–Crippen MR) is 72.3 cm³/mol. The molecule has 2 rings (SSSR count). The Bertz CT molecular complexity index is 491. The van der Waals surface area contributed by atoms with E-state index >= 15 is 0 Å². The molecule has 3 nitrogen and oxygen atoms in total. The van der Waals surface area contributed by atoms with Crippen LogP contribution in [0.25, 0.3) is 0 Å². The largest absolute Gasteiger partial charge is 0.506 e. The highest BCUT2D eigenvalue weighted by Gasteiger charge is 2.04. The fourth-order valence-electron chi connectivity index (χ4n) is 1.75. The van der Waals surface area contributed by atoms with Crippen molar-refractivity contribution in [2.45, 2.75) is 26.4 Å². The van der Waals surface area contributed by atoms with E-state index in [-0.39, 0.29) is 11.8 Å². The maximum atomic E-state index is 9.16. The molecular weight excluding hydrogens is 224 g/mol. The van der Waals surface area contributed by atoms with E-state index in [1.807, 2.05) is 6.07 Å². The van der Waals surface area contributed by atoms with Crippen LogP contribution in [0, 0.1) is 6.92 Å². The number of nitrogens with zero attached hydrogens (tertiary/aromatic N) is 1. The monoisotopic (exact) mass is 242 g/mol. The van der Waals surface area contributed by atoms with Gasteiger partial charge in [0.05, 0.1) is 11.9 Å². The van der Waals surface area contributed by atoms with Gasteiger partial charge in [0.25, 0.3) is 0 Å². The zero-order valence-electron chi connectivity index (χ0n) is 10.7. The molecule has 0 spiro atoms. The van der Waals surface area contributed by atoms with Gasteiger partial charge in [-0.2, -0.15) is 0 Å². The van der Waals surface area contributed by atoms with Crippen LogP contribution in [-0.4, -0.2) is 10.1 Å². The summed E-state index contributed by atoms with van der Waals surface area (Å²) in [5.74, 6) is 0.199. The van der Waals surface area contributed by atoms with Gasteiger partial charge in [-0.15, -0.1) is 0 Å². The van der Waals surface area contributed by atoms with Crippen molar-refractivity contribution in [2.75, 3.05) is 0 Å². The Hall–Kier alpha value is -1.87. The van der Waals surface area contributed by atoms with Crippen LogP contribution in [0.15, 0.2) is 42.6 Å². The Labute approximate surface area is 108 Å². The lowest BCUT2D eigenvalue weighted by Gasteiger charge is -2.14. The molecule has 3 heteroatoms. The summed E-state index contributed by atoms with van der Waals surface area (Å²) in [6.07, 6.45) is 1.47. The molecule has 0 unspecified atom stereocenters. The van der Waals surface area contributed by atoms with Gasteiger partial charge >= 0.3 is 0 Å². The van der Waals surface area contributed by atoms with E-state index in [1.54, 1.807) is 6.07 Å². The second-order valence-corrected chi connectivity index (χ2v) is 4.52. The molecule has 1 atom stereocenters. The summed E-state index contributed by atoms with van der Waals surface area (Å²) < 4.78 is 0. The Morgan fingerprint density at radius 2 is 1.89 bits per heavy atom. The third kappa shape index (κ3) is 3.31. The van der Waals surface area contributed by atoms with Crippen LogP contribution in [-0.2, 0) is 6.54 Å².